The van der Waals surface area contributed by atoms with Crippen molar-refractivity contribution in [1.82, 2.24) is 0 Å². The van der Waals surface area contributed by atoms with Crippen molar-refractivity contribution in [3.05, 3.63) is 25.3 Å². The normalized spacial score (nSPS) is 15.2. The van der Waals surface area contributed by atoms with E-state index >= 15 is 0 Å². The Hall–Kier alpha value is -0.853. The lowest BCUT2D eigenvalue weighted by atomic mass is 9.85. The van der Waals surface area contributed by atoms with Crippen LogP contribution >= 0.6 is 0 Å². The van der Waals surface area contributed by atoms with Crippen molar-refractivity contribution in [3.8, 4) is 6.07 Å². The van der Waals surface area contributed by atoms with Crippen LogP contribution in [0.4, 0.5) is 0 Å². The second-order valence-electron chi connectivity index (χ2n) is 5.18. The van der Waals surface area contributed by atoms with E-state index in [1.165, 1.54) is 0 Å². The van der Waals surface area contributed by atoms with Crippen molar-refractivity contribution < 1.29 is 4.43 Å². The minimum Gasteiger partial charge on any atom is -0.400 e. The van der Waals surface area contributed by atoms with Gasteiger partial charge in [-0.1, -0.05) is 12.2 Å². The molecule has 2 nitrogen and oxygen atoms in total. The Morgan fingerprint density at radius 2 is 1.75 bits per heavy atom. The summed E-state index contributed by atoms with van der Waals surface area (Å²) >= 11 is 0. The third-order valence-electron chi connectivity index (χ3n) is 2.42. The van der Waals surface area contributed by atoms with Crippen LogP contribution in [0.1, 0.15) is 19.8 Å². The van der Waals surface area contributed by atoms with Gasteiger partial charge in [0.2, 0.25) is 0 Å². The highest BCUT2D eigenvalue weighted by atomic mass is 28.4. The molecule has 0 saturated carbocycles. The van der Waals surface area contributed by atoms with Crippen LogP contribution in [0.3, 0.4) is 0 Å². The molecule has 0 fully saturated rings. The molecule has 0 aromatic heterocycles. The molecular weight excluding hydrogens is 214 g/mol. The monoisotopic (exact) mass is 237 g/mol. The van der Waals surface area contributed by atoms with Gasteiger partial charge in [0.1, 0.15) is 5.60 Å². The maximum atomic E-state index is 9.35. The summed E-state index contributed by atoms with van der Waals surface area (Å²) in [5.41, 5.74) is -0.729. The van der Waals surface area contributed by atoms with E-state index < -0.39 is 13.9 Å². The van der Waals surface area contributed by atoms with Crippen molar-refractivity contribution in [2.75, 3.05) is 0 Å². The maximum absolute atomic E-state index is 9.35. The fraction of sp³-hybridized carbons (Fsp3) is 0.615. The highest BCUT2D eigenvalue weighted by molar-refractivity contribution is 6.69. The van der Waals surface area contributed by atoms with Crippen LogP contribution in [-0.2, 0) is 4.43 Å². The zero-order valence-electron chi connectivity index (χ0n) is 10.9. The maximum Gasteiger partial charge on any atom is 0.185 e. The van der Waals surface area contributed by atoms with E-state index in [2.05, 4.69) is 38.9 Å². The minimum absolute atomic E-state index is 0.138. The molecule has 0 radical (unpaired) electrons. The molecule has 0 aliphatic rings. The second kappa shape index (κ2) is 6.02. The molecule has 0 spiro atoms. The molecule has 0 bridgehead atoms. The first-order valence-corrected chi connectivity index (χ1v) is 9.03. The van der Waals surface area contributed by atoms with Gasteiger partial charge in [0.05, 0.1) is 6.07 Å². The second-order valence-corrected chi connectivity index (χ2v) is 9.61. The standard InChI is InChI=1S/C13H23NOSi/c1-7-9-12(10-8-2)13(3,11-14)15-16(4,5)6/h7-8,12H,1-2,9-10H2,3-6H3/t13-/m0/s1. The minimum atomic E-state index is -1.73. The Labute approximate surface area is 101 Å². The number of hydrogen-bond acceptors (Lipinski definition) is 2. The van der Waals surface area contributed by atoms with E-state index in [4.69, 9.17) is 4.43 Å². The molecule has 0 aliphatic carbocycles. The zero-order valence-corrected chi connectivity index (χ0v) is 11.9. The van der Waals surface area contributed by atoms with Crippen molar-refractivity contribution in [2.45, 2.75) is 45.0 Å². The van der Waals surface area contributed by atoms with Gasteiger partial charge >= 0.3 is 0 Å². The van der Waals surface area contributed by atoms with E-state index in [1.807, 2.05) is 19.1 Å². The van der Waals surface area contributed by atoms with E-state index in [-0.39, 0.29) is 5.92 Å². The summed E-state index contributed by atoms with van der Waals surface area (Å²) in [6.07, 6.45) is 5.25. The molecule has 0 aliphatic heterocycles. The van der Waals surface area contributed by atoms with Crippen LogP contribution in [0.5, 0.6) is 0 Å². The van der Waals surface area contributed by atoms with E-state index in [0.29, 0.717) is 0 Å². The molecule has 3 heteroatoms. The van der Waals surface area contributed by atoms with E-state index in [9.17, 15) is 5.26 Å². The van der Waals surface area contributed by atoms with Crippen LogP contribution in [0.25, 0.3) is 0 Å². The van der Waals surface area contributed by atoms with E-state index in [1.54, 1.807) is 0 Å². The van der Waals surface area contributed by atoms with Gasteiger partial charge in [-0.15, -0.1) is 13.2 Å². The van der Waals surface area contributed by atoms with Gasteiger partial charge in [-0.2, -0.15) is 5.26 Å². The molecular formula is C13H23NOSi. The molecule has 16 heavy (non-hydrogen) atoms. The lowest BCUT2D eigenvalue weighted by molar-refractivity contribution is 0.0748. The first kappa shape index (κ1) is 15.1. The average molecular weight is 237 g/mol. The van der Waals surface area contributed by atoms with Gasteiger partial charge in [-0.05, 0) is 39.4 Å². The molecule has 0 aromatic carbocycles. The topological polar surface area (TPSA) is 33.0 Å². The summed E-state index contributed by atoms with van der Waals surface area (Å²) in [4.78, 5) is 0. The van der Waals surface area contributed by atoms with Crippen LogP contribution in [0, 0.1) is 17.2 Å². The highest BCUT2D eigenvalue weighted by Gasteiger charge is 2.37. The van der Waals surface area contributed by atoms with Crippen LogP contribution in [-0.4, -0.2) is 13.9 Å². The molecule has 0 rings (SSSR count). The van der Waals surface area contributed by atoms with Crippen molar-refractivity contribution >= 4 is 8.32 Å². The Morgan fingerprint density at radius 1 is 1.31 bits per heavy atom. The Kier molecular flexibility index (Phi) is 5.70. The molecule has 0 heterocycles. The van der Waals surface area contributed by atoms with E-state index in [0.717, 1.165) is 12.8 Å². The zero-order chi connectivity index (χ0) is 12.8. The van der Waals surface area contributed by atoms with Gasteiger partial charge in [-0.25, -0.2) is 0 Å². The summed E-state index contributed by atoms with van der Waals surface area (Å²) in [6, 6.07) is 2.32. The first-order valence-electron chi connectivity index (χ1n) is 5.62. The fourth-order valence-electron chi connectivity index (χ4n) is 1.78. The number of rotatable bonds is 7. The summed E-state index contributed by atoms with van der Waals surface area (Å²) in [5, 5.41) is 9.35. The molecule has 0 unspecified atom stereocenters. The summed E-state index contributed by atoms with van der Waals surface area (Å²) in [6.45, 7) is 15.7. The Balaban J connectivity index is 4.94. The van der Waals surface area contributed by atoms with Crippen LogP contribution < -0.4 is 0 Å². The Morgan fingerprint density at radius 3 is 2.00 bits per heavy atom. The third kappa shape index (κ3) is 4.78. The number of hydrogen-bond donors (Lipinski definition) is 0. The lowest BCUT2D eigenvalue weighted by Gasteiger charge is -2.36. The third-order valence-corrected chi connectivity index (χ3v) is 3.46. The van der Waals surface area contributed by atoms with Crippen molar-refractivity contribution in [2.24, 2.45) is 5.92 Å². The lowest BCUT2D eigenvalue weighted by Crippen LogP contribution is -2.44. The van der Waals surface area contributed by atoms with Gasteiger partial charge in [0, 0.05) is 5.92 Å². The molecule has 1 atom stereocenters. The molecule has 90 valence electrons. The van der Waals surface area contributed by atoms with Crippen molar-refractivity contribution in [1.29, 1.82) is 5.26 Å². The number of nitriles is 1. The predicted octanol–water partition coefficient (Wildman–Crippen LogP) is 3.89. The van der Waals surface area contributed by atoms with Crippen LogP contribution in [0.15, 0.2) is 25.3 Å². The Bertz CT molecular complexity index is 277. The number of allylic oxidation sites excluding steroid dienone is 2. The highest BCUT2D eigenvalue weighted by Crippen LogP contribution is 2.31. The average Bonchev–Trinajstić information content (AvgIpc) is 2.15. The van der Waals surface area contributed by atoms with Crippen LogP contribution in [0.2, 0.25) is 19.6 Å². The smallest absolute Gasteiger partial charge is 0.185 e. The molecule has 0 saturated heterocycles. The molecule has 0 aromatic rings. The molecule has 0 amide bonds. The summed E-state index contributed by atoms with van der Waals surface area (Å²) in [5.74, 6) is 0.138. The first-order chi connectivity index (χ1) is 7.29. The number of nitrogens with zero attached hydrogens (tertiary/aromatic N) is 1. The van der Waals surface area contributed by atoms with Gasteiger partial charge in [0.15, 0.2) is 8.32 Å². The SMILES string of the molecule is C=CCC(CC=C)[C@](C)(C#N)O[Si](C)(C)C. The van der Waals surface area contributed by atoms with Gasteiger partial charge < -0.3 is 4.43 Å². The summed E-state index contributed by atoms with van der Waals surface area (Å²) in [7, 11) is -1.73. The largest absolute Gasteiger partial charge is 0.400 e. The fourth-order valence-corrected chi connectivity index (χ4v) is 3.27. The predicted molar refractivity (Wildman–Crippen MR) is 71.6 cm³/mol. The van der Waals surface area contributed by atoms with Gasteiger partial charge in [0.25, 0.3) is 0 Å². The summed E-state index contributed by atoms with van der Waals surface area (Å²) < 4.78 is 6.02. The molecule has 0 N–H and O–H groups in total. The van der Waals surface area contributed by atoms with Gasteiger partial charge in [-0.3, -0.25) is 0 Å². The quantitative estimate of drug-likeness (QED) is 0.497. The van der Waals surface area contributed by atoms with Crippen molar-refractivity contribution in [3.63, 3.8) is 0 Å².